The minimum atomic E-state index is -0.179. The Kier molecular flexibility index (Phi) is 4.52. The van der Waals surface area contributed by atoms with E-state index in [0.29, 0.717) is 18.8 Å². The number of carbonyl (C=O) groups is 1. The van der Waals surface area contributed by atoms with Crippen molar-refractivity contribution in [3.05, 3.63) is 53.3 Å². The Morgan fingerprint density at radius 3 is 2.83 bits per heavy atom. The first kappa shape index (κ1) is 16.1. The standard InChI is InChI=1S/C18H21N5O/c1-13-10-17(18(24)20-16-8-9-22(11-16)12-19)21-23(13)14(2)15-6-4-3-5-7-15/h3-7,10,14,16H,8-9,11H2,1-2H3,(H,20,24)/t14?,16-/m1/s1. The third kappa shape index (κ3) is 3.25. The normalized spacial score (nSPS) is 18.2. The van der Waals surface area contributed by atoms with Crippen LogP contribution in [-0.4, -0.2) is 39.7 Å². The van der Waals surface area contributed by atoms with Crippen LogP contribution in [0.3, 0.4) is 0 Å². The predicted octanol–water partition coefficient (Wildman–Crippen LogP) is 2.09. The number of likely N-dealkylation sites (tertiary alicyclic amines) is 1. The van der Waals surface area contributed by atoms with E-state index in [-0.39, 0.29) is 18.0 Å². The van der Waals surface area contributed by atoms with Gasteiger partial charge in [0.1, 0.15) is 5.69 Å². The van der Waals surface area contributed by atoms with Gasteiger partial charge < -0.3 is 10.2 Å². The fraction of sp³-hybridized carbons (Fsp3) is 0.389. The molecule has 1 N–H and O–H groups in total. The van der Waals surface area contributed by atoms with Crippen LogP contribution in [0.4, 0.5) is 0 Å². The smallest absolute Gasteiger partial charge is 0.272 e. The number of carbonyl (C=O) groups excluding carboxylic acids is 1. The molecule has 6 heteroatoms. The van der Waals surface area contributed by atoms with E-state index < -0.39 is 0 Å². The van der Waals surface area contributed by atoms with Crippen LogP contribution in [0.1, 0.15) is 41.1 Å². The highest BCUT2D eigenvalue weighted by molar-refractivity contribution is 5.92. The Bertz CT molecular complexity index is 761. The van der Waals surface area contributed by atoms with Crippen LogP contribution < -0.4 is 5.32 Å². The van der Waals surface area contributed by atoms with Crippen LogP contribution in [0.2, 0.25) is 0 Å². The first-order valence-corrected chi connectivity index (χ1v) is 8.15. The van der Waals surface area contributed by atoms with Gasteiger partial charge in [0.05, 0.1) is 6.04 Å². The van der Waals surface area contributed by atoms with Crippen molar-refractivity contribution in [3.63, 3.8) is 0 Å². The van der Waals surface area contributed by atoms with Gasteiger partial charge in [0.2, 0.25) is 0 Å². The average molecular weight is 323 g/mol. The molecule has 1 aliphatic rings. The zero-order valence-corrected chi connectivity index (χ0v) is 13.9. The summed E-state index contributed by atoms with van der Waals surface area (Å²) in [6.45, 7) is 5.29. The molecule has 0 spiro atoms. The molecule has 1 fully saturated rings. The number of aromatic nitrogens is 2. The lowest BCUT2D eigenvalue weighted by Crippen LogP contribution is -2.36. The van der Waals surface area contributed by atoms with Crippen molar-refractivity contribution < 1.29 is 4.79 Å². The van der Waals surface area contributed by atoms with Crippen molar-refractivity contribution in [2.24, 2.45) is 0 Å². The van der Waals surface area contributed by atoms with Crippen molar-refractivity contribution in [3.8, 4) is 6.19 Å². The number of amides is 1. The molecule has 1 unspecified atom stereocenters. The van der Waals surface area contributed by atoms with Crippen molar-refractivity contribution >= 4 is 5.91 Å². The van der Waals surface area contributed by atoms with Gasteiger partial charge in [-0.15, -0.1) is 0 Å². The summed E-state index contributed by atoms with van der Waals surface area (Å²) in [5.41, 5.74) is 2.52. The van der Waals surface area contributed by atoms with E-state index in [0.717, 1.165) is 17.7 Å². The van der Waals surface area contributed by atoms with E-state index in [2.05, 4.69) is 35.7 Å². The lowest BCUT2D eigenvalue weighted by atomic mass is 10.1. The fourth-order valence-electron chi connectivity index (χ4n) is 3.09. The zero-order valence-electron chi connectivity index (χ0n) is 13.9. The second-order valence-electron chi connectivity index (χ2n) is 6.21. The van der Waals surface area contributed by atoms with Gasteiger partial charge in [-0.2, -0.15) is 10.4 Å². The molecule has 124 valence electrons. The quantitative estimate of drug-likeness (QED) is 0.874. The van der Waals surface area contributed by atoms with Crippen molar-refractivity contribution in [1.29, 1.82) is 5.26 Å². The Balaban J connectivity index is 1.72. The summed E-state index contributed by atoms with van der Waals surface area (Å²) in [5.74, 6) is -0.179. The molecular formula is C18H21N5O. The summed E-state index contributed by atoms with van der Waals surface area (Å²) in [6, 6.07) is 12.0. The highest BCUT2D eigenvalue weighted by Gasteiger charge is 2.25. The SMILES string of the molecule is Cc1cc(C(=O)N[C@@H]2CCN(C#N)C2)nn1C(C)c1ccccc1. The summed E-state index contributed by atoms with van der Waals surface area (Å²) in [7, 11) is 0. The molecule has 1 aromatic heterocycles. The Morgan fingerprint density at radius 2 is 2.17 bits per heavy atom. The number of aryl methyl sites for hydroxylation is 1. The molecule has 2 aromatic rings. The topological polar surface area (TPSA) is 74.0 Å². The van der Waals surface area contributed by atoms with Gasteiger partial charge in [0.15, 0.2) is 6.19 Å². The third-order valence-corrected chi connectivity index (χ3v) is 4.47. The van der Waals surface area contributed by atoms with Crippen LogP contribution in [-0.2, 0) is 0 Å². The van der Waals surface area contributed by atoms with Crippen molar-refractivity contribution in [1.82, 2.24) is 20.0 Å². The molecule has 1 saturated heterocycles. The molecule has 2 atom stereocenters. The second-order valence-corrected chi connectivity index (χ2v) is 6.21. The van der Waals surface area contributed by atoms with Gasteiger partial charge in [-0.05, 0) is 31.9 Å². The molecule has 0 bridgehead atoms. The molecule has 2 heterocycles. The van der Waals surface area contributed by atoms with Gasteiger partial charge in [0.25, 0.3) is 5.91 Å². The van der Waals surface area contributed by atoms with Gasteiger partial charge in [0, 0.05) is 24.8 Å². The lowest BCUT2D eigenvalue weighted by Gasteiger charge is -2.14. The van der Waals surface area contributed by atoms with E-state index in [9.17, 15) is 4.79 Å². The molecule has 6 nitrogen and oxygen atoms in total. The van der Waals surface area contributed by atoms with Crippen LogP contribution >= 0.6 is 0 Å². The third-order valence-electron chi connectivity index (χ3n) is 4.47. The molecule has 1 aromatic carbocycles. The Hall–Kier alpha value is -2.81. The van der Waals surface area contributed by atoms with Crippen LogP contribution in [0.25, 0.3) is 0 Å². The number of nitrogens with one attached hydrogen (secondary N) is 1. The predicted molar refractivity (Wildman–Crippen MR) is 90.3 cm³/mol. The minimum absolute atomic E-state index is 0.00847. The maximum atomic E-state index is 12.4. The summed E-state index contributed by atoms with van der Waals surface area (Å²) < 4.78 is 1.88. The first-order valence-electron chi connectivity index (χ1n) is 8.15. The van der Waals surface area contributed by atoms with Crippen molar-refractivity contribution in [2.45, 2.75) is 32.4 Å². The Labute approximate surface area is 141 Å². The number of benzene rings is 1. The number of rotatable bonds is 4. The lowest BCUT2D eigenvalue weighted by molar-refractivity contribution is 0.0933. The zero-order chi connectivity index (χ0) is 17.1. The highest BCUT2D eigenvalue weighted by atomic mass is 16.2. The van der Waals surface area contributed by atoms with Gasteiger partial charge >= 0.3 is 0 Å². The summed E-state index contributed by atoms with van der Waals surface area (Å²) >= 11 is 0. The molecule has 1 amide bonds. The Morgan fingerprint density at radius 1 is 1.42 bits per heavy atom. The maximum Gasteiger partial charge on any atom is 0.272 e. The molecule has 24 heavy (non-hydrogen) atoms. The number of hydrogen-bond acceptors (Lipinski definition) is 4. The van der Waals surface area contributed by atoms with Crippen molar-refractivity contribution in [2.75, 3.05) is 13.1 Å². The fourth-order valence-corrected chi connectivity index (χ4v) is 3.09. The van der Waals surface area contributed by atoms with Crippen LogP contribution in [0.15, 0.2) is 36.4 Å². The molecule has 3 rings (SSSR count). The van der Waals surface area contributed by atoms with Gasteiger partial charge in [-0.25, -0.2) is 0 Å². The van der Waals surface area contributed by atoms with Gasteiger partial charge in [-0.1, -0.05) is 30.3 Å². The number of nitrogens with zero attached hydrogens (tertiary/aromatic N) is 4. The largest absolute Gasteiger partial charge is 0.346 e. The van der Waals surface area contributed by atoms with Crippen LogP contribution in [0, 0.1) is 18.4 Å². The molecule has 0 saturated carbocycles. The van der Waals surface area contributed by atoms with E-state index in [4.69, 9.17) is 5.26 Å². The second kappa shape index (κ2) is 6.75. The van der Waals surface area contributed by atoms with E-state index >= 15 is 0 Å². The molecule has 1 aliphatic heterocycles. The maximum absolute atomic E-state index is 12.4. The van der Waals surface area contributed by atoms with E-state index in [1.165, 1.54) is 0 Å². The average Bonchev–Trinajstić information content (AvgIpc) is 3.21. The van der Waals surface area contributed by atoms with E-state index in [1.807, 2.05) is 35.9 Å². The summed E-state index contributed by atoms with van der Waals surface area (Å²) in [5, 5.41) is 16.4. The monoisotopic (exact) mass is 323 g/mol. The first-order chi connectivity index (χ1) is 11.6. The number of nitriles is 1. The van der Waals surface area contributed by atoms with Gasteiger partial charge in [-0.3, -0.25) is 9.48 Å². The minimum Gasteiger partial charge on any atom is -0.346 e. The number of hydrogen-bond donors (Lipinski definition) is 1. The van der Waals surface area contributed by atoms with Crippen LogP contribution in [0.5, 0.6) is 0 Å². The molecular weight excluding hydrogens is 302 g/mol. The highest BCUT2D eigenvalue weighted by Crippen LogP contribution is 2.19. The van der Waals surface area contributed by atoms with E-state index in [1.54, 1.807) is 4.90 Å². The molecule has 0 radical (unpaired) electrons. The molecule has 0 aliphatic carbocycles. The summed E-state index contributed by atoms with van der Waals surface area (Å²) in [6.07, 6.45) is 2.91. The summed E-state index contributed by atoms with van der Waals surface area (Å²) in [4.78, 5) is 14.1.